The first-order chi connectivity index (χ1) is 7.72. The molecule has 3 amide bonds. The first-order valence-electron chi connectivity index (χ1n) is 4.48. The molecule has 0 aliphatic carbocycles. The van der Waals surface area contributed by atoms with Gasteiger partial charge in [0.2, 0.25) is 0 Å². The van der Waals surface area contributed by atoms with Gasteiger partial charge < -0.3 is 5.32 Å². The van der Waals surface area contributed by atoms with Crippen LogP contribution in [0.15, 0.2) is 29.4 Å². The van der Waals surface area contributed by atoms with Gasteiger partial charge >= 0.3 is 6.03 Å². The van der Waals surface area contributed by atoms with Gasteiger partial charge in [0.1, 0.15) is 0 Å². The average molecular weight is 217 g/mol. The van der Waals surface area contributed by atoms with Crippen molar-refractivity contribution in [2.24, 2.45) is 5.11 Å². The van der Waals surface area contributed by atoms with E-state index in [1.54, 1.807) is 18.2 Å². The molecule has 0 bridgehead atoms. The lowest BCUT2D eigenvalue weighted by Gasteiger charge is -2.12. The van der Waals surface area contributed by atoms with E-state index in [0.29, 0.717) is 11.4 Å². The summed E-state index contributed by atoms with van der Waals surface area (Å²) in [5.74, 6) is -0.330. The first-order valence-corrected chi connectivity index (χ1v) is 4.48. The molecule has 0 aromatic heterocycles. The SMILES string of the molecule is [N-]=[N+]=Nc1cccc(N2C(=O)CNC2=O)c1. The van der Waals surface area contributed by atoms with Crippen LogP contribution in [0.4, 0.5) is 16.2 Å². The summed E-state index contributed by atoms with van der Waals surface area (Å²) >= 11 is 0. The third-order valence-electron chi connectivity index (χ3n) is 2.09. The molecule has 1 aromatic carbocycles. The molecular weight excluding hydrogens is 210 g/mol. The summed E-state index contributed by atoms with van der Waals surface area (Å²) < 4.78 is 0. The zero-order valence-corrected chi connectivity index (χ0v) is 8.12. The first kappa shape index (κ1) is 10.0. The van der Waals surface area contributed by atoms with Crippen molar-refractivity contribution in [1.82, 2.24) is 5.32 Å². The molecule has 1 N–H and O–H groups in total. The van der Waals surface area contributed by atoms with E-state index in [9.17, 15) is 9.59 Å². The summed E-state index contributed by atoms with van der Waals surface area (Å²) in [5.41, 5.74) is 9.03. The highest BCUT2D eigenvalue weighted by Gasteiger charge is 2.29. The minimum atomic E-state index is -0.469. The number of nitrogens with zero attached hydrogens (tertiary/aromatic N) is 4. The lowest BCUT2D eigenvalue weighted by atomic mass is 10.2. The van der Waals surface area contributed by atoms with E-state index in [1.807, 2.05) is 0 Å². The van der Waals surface area contributed by atoms with Crippen molar-refractivity contribution in [3.63, 3.8) is 0 Å². The number of carbonyl (C=O) groups excluding carboxylic acids is 2. The zero-order valence-electron chi connectivity index (χ0n) is 8.12. The van der Waals surface area contributed by atoms with Gasteiger partial charge in [0, 0.05) is 10.6 Å². The molecule has 1 aliphatic heterocycles. The van der Waals surface area contributed by atoms with Gasteiger partial charge in [-0.25, -0.2) is 9.69 Å². The van der Waals surface area contributed by atoms with Gasteiger partial charge in [-0.1, -0.05) is 17.2 Å². The number of nitrogens with one attached hydrogen (secondary N) is 1. The smallest absolute Gasteiger partial charge is 0.328 e. The molecule has 1 aliphatic rings. The molecule has 0 unspecified atom stereocenters. The molecule has 2 rings (SSSR count). The largest absolute Gasteiger partial charge is 0.329 e. The second-order valence-corrected chi connectivity index (χ2v) is 3.10. The van der Waals surface area contributed by atoms with Gasteiger partial charge in [0.05, 0.1) is 12.2 Å². The molecule has 1 aromatic rings. The molecule has 1 saturated heterocycles. The van der Waals surface area contributed by atoms with Crippen molar-refractivity contribution >= 4 is 23.3 Å². The maximum absolute atomic E-state index is 11.4. The maximum Gasteiger partial charge on any atom is 0.329 e. The van der Waals surface area contributed by atoms with Crippen LogP contribution in [0.1, 0.15) is 0 Å². The minimum absolute atomic E-state index is 0.00935. The lowest BCUT2D eigenvalue weighted by Crippen LogP contribution is -2.30. The fourth-order valence-electron chi connectivity index (χ4n) is 1.43. The van der Waals surface area contributed by atoms with E-state index in [0.717, 1.165) is 4.90 Å². The summed E-state index contributed by atoms with van der Waals surface area (Å²) in [4.78, 5) is 26.4. The average Bonchev–Trinajstić information content (AvgIpc) is 2.59. The van der Waals surface area contributed by atoms with Gasteiger partial charge in [-0.05, 0) is 17.7 Å². The molecule has 0 atom stereocenters. The van der Waals surface area contributed by atoms with E-state index < -0.39 is 6.03 Å². The van der Waals surface area contributed by atoms with Crippen molar-refractivity contribution in [2.45, 2.75) is 0 Å². The van der Waals surface area contributed by atoms with E-state index in [-0.39, 0.29) is 12.5 Å². The molecule has 7 nitrogen and oxygen atoms in total. The third kappa shape index (κ3) is 1.67. The van der Waals surface area contributed by atoms with E-state index in [2.05, 4.69) is 15.3 Å². The number of benzene rings is 1. The van der Waals surface area contributed by atoms with Crippen LogP contribution in [0.2, 0.25) is 0 Å². The highest BCUT2D eigenvalue weighted by atomic mass is 16.2. The summed E-state index contributed by atoms with van der Waals surface area (Å²) in [7, 11) is 0. The predicted molar refractivity (Wildman–Crippen MR) is 56.1 cm³/mol. The van der Waals surface area contributed by atoms with Gasteiger partial charge in [0.15, 0.2) is 0 Å². The Kier molecular flexibility index (Phi) is 2.45. The normalized spacial score (nSPS) is 14.6. The topological polar surface area (TPSA) is 98.2 Å². The van der Waals surface area contributed by atoms with E-state index in [4.69, 9.17) is 5.53 Å². The molecule has 1 heterocycles. The van der Waals surface area contributed by atoms with Crippen LogP contribution in [0, 0.1) is 0 Å². The summed E-state index contributed by atoms with van der Waals surface area (Å²) in [6, 6.07) is 5.80. The van der Waals surface area contributed by atoms with Crippen molar-refractivity contribution in [3.8, 4) is 0 Å². The Bertz CT molecular complexity index is 490. The molecule has 7 heteroatoms. The van der Waals surface area contributed by atoms with Crippen LogP contribution in [0.25, 0.3) is 10.4 Å². The molecule has 16 heavy (non-hydrogen) atoms. The molecule has 80 valence electrons. The number of urea groups is 1. The standard InChI is InChI=1S/C9H7N5O2/c10-13-12-6-2-1-3-7(4-6)14-8(15)5-11-9(14)16/h1-4H,5H2,(H,11,16). The Labute approximate surface area is 90.3 Å². The molecule has 1 fully saturated rings. The monoisotopic (exact) mass is 217 g/mol. The van der Waals surface area contributed by atoms with Crippen molar-refractivity contribution in [1.29, 1.82) is 0 Å². The van der Waals surface area contributed by atoms with Crippen LogP contribution in [0.3, 0.4) is 0 Å². The lowest BCUT2D eigenvalue weighted by molar-refractivity contribution is -0.115. The van der Waals surface area contributed by atoms with Crippen LogP contribution in [-0.4, -0.2) is 18.5 Å². The van der Waals surface area contributed by atoms with Crippen LogP contribution in [-0.2, 0) is 4.79 Å². The molecule has 0 saturated carbocycles. The van der Waals surface area contributed by atoms with Gasteiger partial charge in [-0.15, -0.1) is 0 Å². The van der Waals surface area contributed by atoms with Gasteiger partial charge in [0.25, 0.3) is 5.91 Å². The Morgan fingerprint density at radius 1 is 1.44 bits per heavy atom. The zero-order chi connectivity index (χ0) is 11.5. The van der Waals surface area contributed by atoms with Crippen molar-refractivity contribution < 1.29 is 9.59 Å². The second kappa shape index (κ2) is 3.92. The number of rotatable bonds is 2. The number of anilines is 1. The Hall–Kier alpha value is -2.53. The van der Waals surface area contributed by atoms with E-state index in [1.165, 1.54) is 6.07 Å². The molecular formula is C9H7N5O2. The number of imide groups is 1. The minimum Gasteiger partial charge on any atom is -0.328 e. The van der Waals surface area contributed by atoms with Gasteiger partial charge in [-0.3, -0.25) is 4.79 Å². The number of hydrogen-bond donors (Lipinski definition) is 1. The number of amides is 3. The highest BCUT2D eigenvalue weighted by Crippen LogP contribution is 2.23. The highest BCUT2D eigenvalue weighted by molar-refractivity contribution is 6.19. The number of hydrogen-bond acceptors (Lipinski definition) is 3. The number of azide groups is 1. The van der Waals surface area contributed by atoms with Crippen molar-refractivity contribution in [2.75, 3.05) is 11.4 Å². The third-order valence-corrected chi connectivity index (χ3v) is 2.09. The van der Waals surface area contributed by atoms with Crippen LogP contribution >= 0.6 is 0 Å². The molecule has 0 spiro atoms. The van der Waals surface area contributed by atoms with E-state index >= 15 is 0 Å². The second-order valence-electron chi connectivity index (χ2n) is 3.10. The molecule has 0 radical (unpaired) electrons. The van der Waals surface area contributed by atoms with Gasteiger partial charge in [-0.2, -0.15) is 0 Å². The van der Waals surface area contributed by atoms with Crippen LogP contribution < -0.4 is 10.2 Å². The number of carbonyl (C=O) groups is 2. The fourth-order valence-corrected chi connectivity index (χ4v) is 1.43. The van der Waals surface area contributed by atoms with Crippen molar-refractivity contribution in [3.05, 3.63) is 34.7 Å². The summed E-state index contributed by atoms with van der Waals surface area (Å²) in [6.45, 7) is -0.00935. The Balaban J connectivity index is 2.40. The quantitative estimate of drug-likeness (QED) is 0.353. The fraction of sp³-hybridized carbons (Fsp3) is 0.111. The summed E-state index contributed by atoms with van der Waals surface area (Å²) in [6.07, 6.45) is 0. The summed E-state index contributed by atoms with van der Waals surface area (Å²) in [5, 5.41) is 5.80. The van der Waals surface area contributed by atoms with Crippen LogP contribution in [0.5, 0.6) is 0 Å². The Morgan fingerprint density at radius 2 is 2.25 bits per heavy atom. The Morgan fingerprint density at radius 3 is 2.88 bits per heavy atom. The predicted octanol–water partition coefficient (Wildman–Crippen LogP) is 1.68. The maximum atomic E-state index is 11.4.